The fourth-order valence-electron chi connectivity index (χ4n) is 2.46. The first-order valence-corrected chi connectivity index (χ1v) is 9.89. The molecular formula is C18H17ClFN5O4S. The highest BCUT2D eigenvalue weighted by Gasteiger charge is 2.23. The summed E-state index contributed by atoms with van der Waals surface area (Å²) in [6.45, 7) is 0.817. The molecule has 0 radical (unpaired) electrons. The van der Waals surface area contributed by atoms with Crippen LogP contribution in [0.3, 0.4) is 0 Å². The number of carbonyl (C=O) groups excluding carboxylic acids is 1. The number of urea groups is 1. The lowest BCUT2D eigenvalue weighted by Crippen LogP contribution is -2.30. The first kappa shape index (κ1) is 21.5. The highest BCUT2D eigenvalue weighted by Crippen LogP contribution is 2.31. The lowest BCUT2D eigenvalue weighted by atomic mass is 10.2. The fourth-order valence-corrected chi connectivity index (χ4v) is 3.34. The molecular weight excluding hydrogens is 437 g/mol. The van der Waals surface area contributed by atoms with E-state index in [1.54, 1.807) is 12.5 Å². The summed E-state index contributed by atoms with van der Waals surface area (Å²) in [4.78, 5) is 27.6. The van der Waals surface area contributed by atoms with Gasteiger partial charge in [0, 0.05) is 36.1 Å². The molecule has 0 fully saturated rings. The number of imidazole rings is 1. The molecule has 2 amide bonds. The summed E-state index contributed by atoms with van der Waals surface area (Å²) in [5.41, 5.74) is -0.114. The van der Waals surface area contributed by atoms with Crippen molar-refractivity contribution in [3.8, 4) is 5.88 Å². The van der Waals surface area contributed by atoms with Gasteiger partial charge in [0.25, 0.3) is 0 Å². The molecule has 0 atom stereocenters. The monoisotopic (exact) mass is 453 g/mol. The van der Waals surface area contributed by atoms with E-state index in [0.29, 0.717) is 19.5 Å². The maximum Gasteiger partial charge on any atom is 0.344 e. The first-order valence-electron chi connectivity index (χ1n) is 8.74. The van der Waals surface area contributed by atoms with Crippen LogP contribution in [0.2, 0.25) is 5.02 Å². The van der Waals surface area contributed by atoms with Crippen LogP contribution in [0.1, 0.15) is 22.3 Å². The van der Waals surface area contributed by atoms with Gasteiger partial charge in [0.15, 0.2) is 5.56 Å². The third-order valence-electron chi connectivity index (χ3n) is 3.92. The minimum atomic E-state index is -1.33. The number of benzene rings is 1. The molecule has 0 bridgehead atoms. The number of aryl methyl sites for hydroxylation is 1. The predicted octanol–water partition coefficient (Wildman–Crippen LogP) is 3.62. The van der Waals surface area contributed by atoms with Gasteiger partial charge in [-0.3, -0.25) is 5.32 Å². The van der Waals surface area contributed by atoms with Gasteiger partial charge in [0.05, 0.1) is 6.33 Å². The lowest BCUT2D eigenvalue weighted by molar-refractivity contribution is 0.0693. The Kier molecular flexibility index (Phi) is 7.20. The van der Waals surface area contributed by atoms with Crippen molar-refractivity contribution >= 4 is 40.1 Å². The van der Waals surface area contributed by atoms with Crippen molar-refractivity contribution in [3.63, 3.8) is 0 Å². The van der Waals surface area contributed by atoms with Gasteiger partial charge < -0.3 is 19.7 Å². The summed E-state index contributed by atoms with van der Waals surface area (Å²) in [6, 6.07) is 3.49. The molecule has 3 aromatic rings. The zero-order chi connectivity index (χ0) is 21.5. The van der Waals surface area contributed by atoms with E-state index in [-0.39, 0.29) is 33.6 Å². The molecule has 0 aliphatic carbocycles. The van der Waals surface area contributed by atoms with E-state index in [2.05, 4.69) is 20.0 Å². The van der Waals surface area contributed by atoms with E-state index in [1.807, 2.05) is 10.8 Å². The highest BCUT2D eigenvalue weighted by molar-refractivity contribution is 7.11. The molecule has 30 heavy (non-hydrogen) atoms. The molecule has 1 aromatic carbocycles. The van der Waals surface area contributed by atoms with Gasteiger partial charge in [-0.2, -0.15) is 4.37 Å². The van der Waals surface area contributed by atoms with Crippen LogP contribution < -0.4 is 15.4 Å². The van der Waals surface area contributed by atoms with Crippen molar-refractivity contribution in [2.45, 2.75) is 19.6 Å². The number of hydrogen-bond acceptors (Lipinski definition) is 6. The zero-order valence-electron chi connectivity index (χ0n) is 15.5. The highest BCUT2D eigenvalue weighted by atomic mass is 35.5. The number of carboxylic acid groups (broad SMARTS) is 1. The van der Waals surface area contributed by atoms with Crippen LogP contribution in [0.5, 0.6) is 5.88 Å². The van der Waals surface area contributed by atoms with Gasteiger partial charge in [-0.05, 0) is 30.1 Å². The van der Waals surface area contributed by atoms with Crippen molar-refractivity contribution in [1.82, 2.24) is 19.2 Å². The molecule has 2 heterocycles. The largest absolute Gasteiger partial charge is 0.477 e. The lowest BCUT2D eigenvalue weighted by Gasteiger charge is -2.08. The Morgan fingerprint density at radius 1 is 1.37 bits per heavy atom. The molecule has 0 spiro atoms. The zero-order valence-corrected chi connectivity index (χ0v) is 17.0. The number of ether oxygens (including phenoxy) is 1. The molecule has 3 N–H and O–H groups in total. The third-order valence-corrected chi connectivity index (χ3v) is 4.90. The molecule has 3 rings (SSSR count). The third kappa shape index (κ3) is 5.67. The normalized spacial score (nSPS) is 10.6. The topological polar surface area (TPSA) is 118 Å². The Morgan fingerprint density at radius 2 is 2.20 bits per heavy atom. The van der Waals surface area contributed by atoms with Crippen molar-refractivity contribution in [2.24, 2.45) is 0 Å². The summed E-state index contributed by atoms with van der Waals surface area (Å²) >= 11 is 6.46. The number of rotatable bonds is 9. The molecule has 9 nitrogen and oxygen atoms in total. The standard InChI is InChI=1S/C18H17ClFN5O4S/c19-12-3-2-11(13(20)8-12)9-29-15-14(17(26)27)16(30-24-15)23-18(28)22-4-1-6-25-7-5-21-10-25/h2-3,5,7-8,10H,1,4,6,9H2,(H,26,27)(H2,22,23,28). The van der Waals surface area contributed by atoms with Crippen LogP contribution >= 0.6 is 23.1 Å². The summed E-state index contributed by atoms with van der Waals surface area (Å²) in [5.74, 6) is -2.12. The molecule has 0 aliphatic rings. The minimum Gasteiger partial charge on any atom is -0.477 e. The Labute approximate surface area is 179 Å². The molecule has 0 saturated heterocycles. The Morgan fingerprint density at radius 3 is 2.90 bits per heavy atom. The van der Waals surface area contributed by atoms with Gasteiger partial charge in [0.2, 0.25) is 5.88 Å². The van der Waals surface area contributed by atoms with Crippen LogP contribution in [0.25, 0.3) is 0 Å². The number of carbonyl (C=O) groups is 2. The van der Waals surface area contributed by atoms with Crippen molar-refractivity contribution < 1.29 is 23.8 Å². The first-order chi connectivity index (χ1) is 14.4. The number of hydrogen-bond donors (Lipinski definition) is 3. The summed E-state index contributed by atoms with van der Waals surface area (Å²) in [6.07, 6.45) is 5.82. The Bertz CT molecular complexity index is 1030. The quantitative estimate of drug-likeness (QED) is 0.426. The van der Waals surface area contributed by atoms with E-state index >= 15 is 0 Å². The van der Waals surface area contributed by atoms with Crippen LogP contribution in [-0.2, 0) is 13.2 Å². The number of anilines is 1. The summed E-state index contributed by atoms with van der Waals surface area (Å²) < 4.78 is 25.0. The number of nitrogens with one attached hydrogen (secondary N) is 2. The Balaban J connectivity index is 1.56. The molecule has 2 aromatic heterocycles. The van der Waals surface area contributed by atoms with Gasteiger partial charge in [-0.1, -0.05) is 17.7 Å². The van der Waals surface area contributed by atoms with E-state index < -0.39 is 17.8 Å². The number of aromatic nitrogens is 3. The van der Waals surface area contributed by atoms with E-state index in [4.69, 9.17) is 16.3 Å². The van der Waals surface area contributed by atoms with Crippen LogP contribution in [0.4, 0.5) is 14.2 Å². The van der Waals surface area contributed by atoms with Crippen molar-refractivity contribution in [1.29, 1.82) is 0 Å². The molecule has 12 heteroatoms. The number of amides is 2. The molecule has 0 aliphatic heterocycles. The van der Waals surface area contributed by atoms with E-state index in [1.165, 1.54) is 12.1 Å². The Hall–Kier alpha value is -3.18. The second kappa shape index (κ2) is 10.0. The second-order valence-corrected chi connectivity index (χ2v) is 7.27. The molecule has 0 saturated carbocycles. The predicted molar refractivity (Wildman–Crippen MR) is 109 cm³/mol. The second-order valence-electron chi connectivity index (χ2n) is 6.06. The number of aromatic carboxylic acids is 1. The smallest absolute Gasteiger partial charge is 0.344 e. The van der Waals surface area contributed by atoms with Crippen LogP contribution in [-0.4, -0.2) is 37.6 Å². The van der Waals surface area contributed by atoms with Gasteiger partial charge in [0.1, 0.15) is 17.4 Å². The molecule has 0 unspecified atom stereocenters. The van der Waals surface area contributed by atoms with E-state index in [0.717, 1.165) is 17.6 Å². The van der Waals surface area contributed by atoms with Gasteiger partial charge >= 0.3 is 12.0 Å². The summed E-state index contributed by atoms with van der Waals surface area (Å²) in [5, 5.41) is 14.8. The van der Waals surface area contributed by atoms with Crippen LogP contribution in [0.15, 0.2) is 36.9 Å². The number of nitrogens with zero attached hydrogens (tertiary/aromatic N) is 3. The average molecular weight is 454 g/mol. The average Bonchev–Trinajstić information content (AvgIpc) is 3.34. The van der Waals surface area contributed by atoms with Crippen molar-refractivity contribution in [3.05, 3.63) is 58.9 Å². The summed E-state index contributed by atoms with van der Waals surface area (Å²) in [7, 11) is 0. The number of carboxylic acids is 1. The fraction of sp³-hybridized carbons (Fsp3) is 0.222. The van der Waals surface area contributed by atoms with Crippen molar-refractivity contribution in [2.75, 3.05) is 11.9 Å². The minimum absolute atomic E-state index is 0.0150. The number of halogens is 2. The van der Waals surface area contributed by atoms with Gasteiger partial charge in [-0.25, -0.2) is 19.0 Å². The maximum absolute atomic E-state index is 13.9. The SMILES string of the molecule is O=C(NCCCn1ccnc1)Nc1snc(OCc2ccc(Cl)cc2F)c1C(=O)O. The van der Waals surface area contributed by atoms with Gasteiger partial charge in [-0.15, -0.1) is 0 Å². The van der Waals surface area contributed by atoms with E-state index in [9.17, 15) is 19.1 Å². The maximum atomic E-state index is 13.9. The molecule has 158 valence electrons. The van der Waals surface area contributed by atoms with Crippen LogP contribution in [0, 0.1) is 5.82 Å².